The Labute approximate surface area is 179 Å². The van der Waals surface area contributed by atoms with E-state index in [1.807, 2.05) is 0 Å². The van der Waals surface area contributed by atoms with E-state index in [4.69, 9.17) is 21.7 Å². The molecule has 0 bridgehead atoms. The van der Waals surface area contributed by atoms with Gasteiger partial charge < -0.3 is 37.6 Å². The summed E-state index contributed by atoms with van der Waals surface area (Å²) in [6, 6.07) is -5.27. The van der Waals surface area contributed by atoms with Crippen molar-refractivity contribution >= 4 is 35.6 Å². The zero-order valence-corrected chi connectivity index (χ0v) is 17.9. The van der Waals surface area contributed by atoms with Gasteiger partial charge in [0.1, 0.15) is 18.1 Å². The number of nitrogens with two attached hydrogens (primary N) is 2. The number of hydrogen-bond donors (Lipinski definition) is 7. The van der Waals surface area contributed by atoms with E-state index in [-0.39, 0.29) is 0 Å². The summed E-state index contributed by atoms with van der Waals surface area (Å²) in [6.07, 6.45) is -1.27. The van der Waals surface area contributed by atoms with E-state index in [0.29, 0.717) is 0 Å². The average molecular weight is 445 g/mol. The fourth-order valence-corrected chi connectivity index (χ4v) is 2.52. The molecule has 31 heavy (non-hydrogen) atoms. The quantitative estimate of drug-likeness (QED) is 0.159. The maximum Gasteiger partial charge on any atom is 0.326 e. The minimum absolute atomic E-state index is 0.421. The van der Waals surface area contributed by atoms with Crippen LogP contribution in [0, 0.1) is 11.8 Å². The molecule has 0 fully saturated rings. The molecule has 176 valence electrons. The first-order valence-electron chi connectivity index (χ1n) is 9.56. The molecule has 0 saturated heterocycles. The van der Waals surface area contributed by atoms with Gasteiger partial charge in [0.05, 0.1) is 18.9 Å². The second-order valence-electron chi connectivity index (χ2n) is 7.73. The van der Waals surface area contributed by atoms with Crippen LogP contribution in [-0.2, 0) is 28.8 Å². The highest BCUT2D eigenvalue weighted by Gasteiger charge is 2.33. The molecule has 0 aromatic heterocycles. The van der Waals surface area contributed by atoms with E-state index in [9.17, 15) is 28.8 Å². The van der Waals surface area contributed by atoms with Crippen molar-refractivity contribution < 1.29 is 39.0 Å². The maximum atomic E-state index is 12.7. The summed E-state index contributed by atoms with van der Waals surface area (Å²) in [5.74, 6) is -7.11. The highest BCUT2D eigenvalue weighted by atomic mass is 16.4. The first-order valence-corrected chi connectivity index (χ1v) is 9.56. The lowest BCUT2D eigenvalue weighted by Gasteiger charge is -2.28. The van der Waals surface area contributed by atoms with E-state index in [1.165, 1.54) is 0 Å². The number of amides is 4. The highest BCUT2D eigenvalue weighted by Crippen LogP contribution is 2.08. The lowest BCUT2D eigenvalue weighted by atomic mass is 9.99. The molecule has 4 unspecified atom stereocenters. The van der Waals surface area contributed by atoms with Crippen LogP contribution in [0.2, 0.25) is 0 Å². The maximum absolute atomic E-state index is 12.7. The van der Waals surface area contributed by atoms with E-state index in [2.05, 4.69) is 16.0 Å². The minimum atomic E-state index is -1.68. The average Bonchev–Trinajstić information content (AvgIpc) is 2.61. The van der Waals surface area contributed by atoms with Gasteiger partial charge in [-0.3, -0.25) is 24.0 Å². The van der Waals surface area contributed by atoms with Crippen LogP contribution in [0.5, 0.6) is 0 Å². The number of carbonyl (C=O) groups excluding carboxylic acids is 4. The van der Waals surface area contributed by atoms with E-state index in [0.717, 1.165) is 0 Å². The number of carboxylic acid groups (broad SMARTS) is 2. The summed E-state index contributed by atoms with van der Waals surface area (Å²) >= 11 is 0. The summed E-state index contributed by atoms with van der Waals surface area (Å²) in [5.41, 5.74) is 10.6. The molecule has 0 heterocycles. The summed E-state index contributed by atoms with van der Waals surface area (Å²) in [5, 5.41) is 24.8. The largest absolute Gasteiger partial charge is 0.481 e. The van der Waals surface area contributed by atoms with Gasteiger partial charge in [0.2, 0.25) is 23.6 Å². The van der Waals surface area contributed by atoms with Gasteiger partial charge in [-0.05, 0) is 11.8 Å². The van der Waals surface area contributed by atoms with Crippen LogP contribution in [0.3, 0.4) is 0 Å². The molecule has 0 rings (SSSR count). The SMILES string of the molecule is CC(C)C(NC(=O)C(N)CC(N)=O)C(=O)NC(C(=O)NC(CC(=O)O)C(=O)O)C(C)C. The van der Waals surface area contributed by atoms with E-state index < -0.39 is 84.4 Å². The van der Waals surface area contributed by atoms with Crippen molar-refractivity contribution in [1.82, 2.24) is 16.0 Å². The molecular weight excluding hydrogens is 414 g/mol. The first kappa shape index (κ1) is 27.8. The second-order valence-corrected chi connectivity index (χ2v) is 7.73. The van der Waals surface area contributed by atoms with Crippen LogP contribution < -0.4 is 27.4 Å². The molecule has 13 heteroatoms. The van der Waals surface area contributed by atoms with Crippen molar-refractivity contribution in [2.45, 2.75) is 64.7 Å². The molecule has 0 aliphatic rings. The summed E-state index contributed by atoms with van der Waals surface area (Å²) in [4.78, 5) is 70.3. The summed E-state index contributed by atoms with van der Waals surface area (Å²) < 4.78 is 0. The predicted octanol–water partition coefficient (Wildman–Crippen LogP) is -2.49. The fourth-order valence-electron chi connectivity index (χ4n) is 2.52. The zero-order chi connectivity index (χ0) is 24.5. The lowest BCUT2D eigenvalue weighted by molar-refractivity contribution is -0.147. The van der Waals surface area contributed by atoms with E-state index >= 15 is 0 Å². The van der Waals surface area contributed by atoms with Gasteiger partial charge in [-0.15, -0.1) is 0 Å². The molecule has 0 aromatic carbocycles. The molecule has 0 aliphatic carbocycles. The third-order valence-corrected chi connectivity index (χ3v) is 4.24. The van der Waals surface area contributed by atoms with E-state index in [1.54, 1.807) is 27.7 Å². The number of hydrogen-bond acceptors (Lipinski definition) is 7. The van der Waals surface area contributed by atoms with Crippen molar-refractivity contribution in [2.75, 3.05) is 0 Å². The Bertz CT molecular complexity index is 709. The number of carboxylic acids is 2. The molecule has 0 aromatic rings. The number of primary amides is 1. The Morgan fingerprint density at radius 1 is 0.742 bits per heavy atom. The lowest BCUT2D eigenvalue weighted by Crippen LogP contribution is -2.59. The first-order chi connectivity index (χ1) is 14.2. The van der Waals surface area contributed by atoms with Gasteiger partial charge in [-0.2, -0.15) is 0 Å². The Balaban J connectivity index is 5.38. The van der Waals surface area contributed by atoms with Gasteiger partial charge >= 0.3 is 11.9 Å². The van der Waals surface area contributed by atoms with Gasteiger partial charge in [0.25, 0.3) is 0 Å². The van der Waals surface area contributed by atoms with Gasteiger partial charge in [-0.25, -0.2) is 4.79 Å². The van der Waals surface area contributed by atoms with Crippen LogP contribution in [0.1, 0.15) is 40.5 Å². The van der Waals surface area contributed by atoms with Crippen molar-refractivity contribution in [2.24, 2.45) is 23.3 Å². The normalized spacial score (nSPS) is 14.8. The second kappa shape index (κ2) is 12.5. The fraction of sp³-hybridized carbons (Fsp3) is 0.667. The minimum Gasteiger partial charge on any atom is -0.481 e. The monoisotopic (exact) mass is 445 g/mol. The van der Waals surface area contributed by atoms with Crippen LogP contribution in [-0.4, -0.2) is 69.9 Å². The Morgan fingerprint density at radius 2 is 1.16 bits per heavy atom. The van der Waals surface area contributed by atoms with Gasteiger partial charge in [-0.1, -0.05) is 27.7 Å². The van der Waals surface area contributed by atoms with Crippen molar-refractivity contribution in [3.8, 4) is 0 Å². The highest BCUT2D eigenvalue weighted by molar-refractivity contribution is 5.95. The van der Waals surface area contributed by atoms with Gasteiger partial charge in [0, 0.05) is 0 Å². The molecule has 0 aliphatic heterocycles. The molecule has 0 saturated carbocycles. The standard InChI is InChI=1S/C18H31N5O8/c1-7(2)13(16(28)21-10(18(30)31)6-12(25)26)23-17(29)14(8(3)4)22-15(27)9(19)5-11(20)24/h7-10,13-14H,5-6,19H2,1-4H3,(H2,20,24)(H,21,28)(H,22,27)(H,23,29)(H,25,26)(H,30,31). The molecular formula is C18H31N5O8. The number of rotatable bonds is 13. The molecule has 0 radical (unpaired) electrons. The Kier molecular flexibility index (Phi) is 11.2. The number of aliphatic carboxylic acids is 2. The van der Waals surface area contributed by atoms with Crippen LogP contribution in [0.4, 0.5) is 0 Å². The third-order valence-electron chi connectivity index (χ3n) is 4.24. The topological polar surface area (TPSA) is 231 Å². The molecule has 0 spiro atoms. The van der Waals surface area contributed by atoms with Crippen molar-refractivity contribution in [3.63, 3.8) is 0 Å². The van der Waals surface area contributed by atoms with Crippen LogP contribution >= 0.6 is 0 Å². The summed E-state index contributed by atoms with van der Waals surface area (Å²) in [7, 11) is 0. The zero-order valence-electron chi connectivity index (χ0n) is 17.9. The molecule has 4 amide bonds. The Hall–Kier alpha value is -3.22. The van der Waals surface area contributed by atoms with Crippen LogP contribution in [0.15, 0.2) is 0 Å². The van der Waals surface area contributed by atoms with Gasteiger partial charge in [0.15, 0.2) is 0 Å². The van der Waals surface area contributed by atoms with Crippen molar-refractivity contribution in [1.29, 1.82) is 0 Å². The molecule has 13 nitrogen and oxygen atoms in total. The third kappa shape index (κ3) is 9.89. The number of carbonyl (C=O) groups is 6. The molecule has 9 N–H and O–H groups in total. The Morgan fingerprint density at radius 3 is 1.52 bits per heavy atom. The smallest absolute Gasteiger partial charge is 0.326 e. The van der Waals surface area contributed by atoms with Crippen molar-refractivity contribution in [3.05, 3.63) is 0 Å². The van der Waals surface area contributed by atoms with Crippen LogP contribution in [0.25, 0.3) is 0 Å². The molecule has 4 atom stereocenters. The predicted molar refractivity (Wildman–Crippen MR) is 107 cm³/mol. The number of nitrogens with one attached hydrogen (secondary N) is 3. The summed E-state index contributed by atoms with van der Waals surface area (Å²) in [6.45, 7) is 6.43.